The number of carboxylic acids is 1. The van der Waals surface area contributed by atoms with Gasteiger partial charge in [0.05, 0.1) is 0 Å². The molecule has 0 fully saturated rings. The number of benzene rings is 3. The first kappa shape index (κ1) is 15.3. The number of carbonyl (C=O) groups excluding carboxylic acids is 1. The summed E-state index contributed by atoms with van der Waals surface area (Å²) in [5.74, 6) is -1.70. The fraction of sp³-hybridized carbons (Fsp3) is 0.0909. The van der Waals surface area contributed by atoms with Crippen molar-refractivity contribution in [1.29, 1.82) is 0 Å². The predicted octanol–water partition coefficient (Wildman–Crippen LogP) is 4.37. The van der Waals surface area contributed by atoms with Gasteiger partial charge in [0.1, 0.15) is 5.57 Å². The molecule has 1 aliphatic rings. The summed E-state index contributed by atoms with van der Waals surface area (Å²) in [4.78, 5) is 23.9. The molecular formula is C22H16O3. The lowest BCUT2D eigenvalue weighted by Gasteiger charge is -2.23. The molecular weight excluding hydrogens is 312 g/mol. The summed E-state index contributed by atoms with van der Waals surface area (Å²) in [6.45, 7) is 0. The summed E-state index contributed by atoms with van der Waals surface area (Å²) in [5, 5.41) is 11.7. The number of fused-ring (bicyclic) bond motifs is 2. The molecule has 0 aromatic heterocycles. The van der Waals surface area contributed by atoms with Gasteiger partial charge in [-0.1, -0.05) is 72.8 Å². The summed E-state index contributed by atoms with van der Waals surface area (Å²) in [7, 11) is 0. The molecule has 3 heteroatoms. The van der Waals surface area contributed by atoms with Crippen LogP contribution in [0.25, 0.3) is 10.8 Å². The van der Waals surface area contributed by atoms with Crippen LogP contribution in [0, 0.1) is 0 Å². The topological polar surface area (TPSA) is 54.4 Å². The number of rotatable bonds is 3. The second kappa shape index (κ2) is 6.02. The SMILES string of the molecule is O=C(O)C1=CC(Cc2cccc3ccccc23)c2ccccc2C1=O. The zero-order chi connectivity index (χ0) is 17.4. The molecule has 3 nitrogen and oxygen atoms in total. The number of allylic oxidation sites excluding steroid dienone is 1. The fourth-order valence-electron chi connectivity index (χ4n) is 3.58. The summed E-state index contributed by atoms with van der Waals surface area (Å²) in [6, 6.07) is 21.6. The van der Waals surface area contributed by atoms with Crippen molar-refractivity contribution in [2.45, 2.75) is 12.3 Å². The molecule has 1 atom stereocenters. The molecule has 0 bridgehead atoms. The lowest BCUT2D eigenvalue weighted by atomic mass is 9.79. The van der Waals surface area contributed by atoms with Crippen LogP contribution < -0.4 is 0 Å². The number of carbonyl (C=O) groups is 2. The highest BCUT2D eigenvalue weighted by Gasteiger charge is 2.30. The molecule has 4 rings (SSSR count). The minimum atomic E-state index is -1.16. The first-order chi connectivity index (χ1) is 12.1. The molecule has 1 unspecified atom stereocenters. The van der Waals surface area contributed by atoms with Crippen LogP contribution in [0.5, 0.6) is 0 Å². The maximum absolute atomic E-state index is 12.4. The van der Waals surface area contributed by atoms with E-state index in [1.807, 2.05) is 30.3 Å². The van der Waals surface area contributed by atoms with E-state index in [4.69, 9.17) is 0 Å². The van der Waals surface area contributed by atoms with Gasteiger partial charge in [0.25, 0.3) is 0 Å². The van der Waals surface area contributed by atoms with Crippen LogP contribution in [-0.4, -0.2) is 16.9 Å². The Morgan fingerprint density at radius 1 is 0.920 bits per heavy atom. The number of ketones is 1. The van der Waals surface area contributed by atoms with E-state index in [0.29, 0.717) is 12.0 Å². The average Bonchev–Trinajstić information content (AvgIpc) is 2.64. The number of hydrogen-bond donors (Lipinski definition) is 1. The van der Waals surface area contributed by atoms with E-state index >= 15 is 0 Å². The van der Waals surface area contributed by atoms with E-state index in [1.165, 1.54) is 0 Å². The van der Waals surface area contributed by atoms with Gasteiger partial charge >= 0.3 is 5.97 Å². The van der Waals surface area contributed by atoms with Crippen LogP contribution in [0.3, 0.4) is 0 Å². The molecule has 0 radical (unpaired) electrons. The van der Waals surface area contributed by atoms with Crippen LogP contribution in [0.15, 0.2) is 78.4 Å². The van der Waals surface area contributed by atoms with E-state index in [2.05, 4.69) is 24.3 Å². The third-order valence-electron chi connectivity index (χ3n) is 4.77. The molecule has 122 valence electrons. The van der Waals surface area contributed by atoms with Crippen molar-refractivity contribution in [3.8, 4) is 0 Å². The molecule has 1 N–H and O–H groups in total. The van der Waals surface area contributed by atoms with Crippen LogP contribution in [0.4, 0.5) is 0 Å². The molecule has 25 heavy (non-hydrogen) atoms. The molecule has 0 spiro atoms. The maximum atomic E-state index is 12.4. The quantitative estimate of drug-likeness (QED) is 0.726. The Morgan fingerprint density at radius 2 is 1.64 bits per heavy atom. The Hall–Kier alpha value is -3.20. The summed E-state index contributed by atoms with van der Waals surface area (Å²) < 4.78 is 0. The first-order valence-corrected chi connectivity index (χ1v) is 8.20. The van der Waals surface area contributed by atoms with Crippen LogP contribution in [-0.2, 0) is 11.2 Å². The highest BCUT2D eigenvalue weighted by molar-refractivity contribution is 6.25. The van der Waals surface area contributed by atoms with Crippen LogP contribution >= 0.6 is 0 Å². The third kappa shape index (κ3) is 2.64. The molecule has 0 amide bonds. The molecule has 0 aliphatic heterocycles. The lowest BCUT2D eigenvalue weighted by molar-refractivity contribution is -0.132. The number of hydrogen-bond acceptors (Lipinski definition) is 2. The van der Waals surface area contributed by atoms with E-state index in [0.717, 1.165) is 21.9 Å². The zero-order valence-corrected chi connectivity index (χ0v) is 13.5. The molecule has 1 aliphatic carbocycles. The van der Waals surface area contributed by atoms with Crippen molar-refractivity contribution in [2.75, 3.05) is 0 Å². The second-order valence-electron chi connectivity index (χ2n) is 6.25. The number of Topliss-reactive ketones (excluding diaryl/α,β-unsaturated/α-hetero) is 1. The van der Waals surface area contributed by atoms with Gasteiger partial charge in [-0.2, -0.15) is 0 Å². The smallest absolute Gasteiger partial charge is 0.339 e. The minimum absolute atomic E-state index is 0.134. The van der Waals surface area contributed by atoms with Gasteiger partial charge in [0, 0.05) is 11.5 Å². The first-order valence-electron chi connectivity index (χ1n) is 8.20. The van der Waals surface area contributed by atoms with Gasteiger partial charge in [-0.05, 0) is 28.3 Å². The maximum Gasteiger partial charge on any atom is 0.339 e. The van der Waals surface area contributed by atoms with E-state index in [-0.39, 0.29) is 11.5 Å². The van der Waals surface area contributed by atoms with Gasteiger partial charge in [0.15, 0.2) is 5.78 Å². The highest BCUT2D eigenvalue weighted by atomic mass is 16.4. The summed E-state index contributed by atoms with van der Waals surface area (Å²) in [6.07, 6.45) is 2.26. The Bertz CT molecular complexity index is 1020. The van der Waals surface area contributed by atoms with Crippen molar-refractivity contribution in [2.24, 2.45) is 0 Å². The van der Waals surface area contributed by atoms with Gasteiger partial charge in [-0.3, -0.25) is 4.79 Å². The van der Waals surface area contributed by atoms with Gasteiger partial charge in [-0.15, -0.1) is 0 Å². The standard InChI is InChI=1S/C22H16O3/c23-21-19-11-4-3-10-18(19)16(13-20(21)22(24)25)12-15-8-5-7-14-6-1-2-9-17(14)15/h1-11,13,16H,12H2,(H,24,25). The Morgan fingerprint density at radius 3 is 2.48 bits per heavy atom. The zero-order valence-electron chi connectivity index (χ0n) is 13.5. The van der Waals surface area contributed by atoms with Crippen molar-refractivity contribution in [3.05, 3.63) is 95.1 Å². The van der Waals surface area contributed by atoms with Gasteiger partial charge < -0.3 is 5.11 Å². The number of carboxylic acid groups (broad SMARTS) is 1. The molecule has 0 saturated carbocycles. The molecule has 0 heterocycles. The Balaban J connectivity index is 1.83. The normalized spacial score (nSPS) is 16.4. The van der Waals surface area contributed by atoms with Crippen molar-refractivity contribution in [1.82, 2.24) is 0 Å². The number of aliphatic carboxylic acids is 1. The van der Waals surface area contributed by atoms with E-state index < -0.39 is 11.8 Å². The lowest BCUT2D eigenvalue weighted by Crippen LogP contribution is -2.21. The highest BCUT2D eigenvalue weighted by Crippen LogP contribution is 2.34. The largest absolute Gasteiger partial charge is 0.478 e. The summed E-state index contributed by atoms with van der Waals surface area (Å²) >= 11 is 0. The van der Waals surface area contributed by atoms with Crippen LogP contribution in [0.1, 0.15) is 27.4 Å². The Labute approximate surface area is 145 Å². The monoisotopic (exact) mass is 328 g/mol. The van der Waals surface area contributed by atoms with Crippen molar-refractivity contribution < 1.29 is 14.7 Å². The summed E-state index contributed by atoms with van der Waals surface area (Å²) in [5.41, 5.74) is 2.40. The fourth-order valence-corrected chi connectivity index (χ4v) is 3.58. The Kier molecular flexibility index (Phi) is 3.69. The van der Waals surface area contributed by atoms with E-state index in [1.54, 1.807) is 18.2 Å². The van der Waals surface area contributed by atoms with Crippen LogP contribution in [0.2, 0.25) is 0 Å². The molecule has 0 saturated heterocycles. The van der Waals surface area contributed by atoms with Gasteiger partial charge in [0.2, 0.25) is 0 Å². The predicted molar refractivity (Wildman–Crippen MR) is 96.9 cm³/mol. The molecule has 3 aromatic carbocycles. The van der Waals surface area contributed by atoms with E-state index in [9.17, 15) is 14.7 Å². The minimum Gasteiger partial charge on any atom is -0.478 e. The third-order valence-corrected chi connectivity index (χ3v) is 4.77. The second-order valence-corrected chi connectivity index (χ2v) is 6.25. The van der Waals surface area contributed by atoms with Crippen molar-refractivity contribution in [3.63, 3.8) is 0 Å². The molecule has 3 aromatic rings. The van der Waals surface area contributed by atoms with Gasteiger partial charge in [-0.25, -0.2) is 4.79 Å². The average molecular weight is 328 g/mol. The van der Waals surface area contributed by atoms with Crippen molar-refractivity contribution >= 4 is 22.5 Å².